The monoisotopic (exact) mass is 1710 g/mol. The van der Waals surface area contributed by atoms with Gasteiger partial charge in [0.1, 0.15) is 34.7 Å². The Hall–Kier alpha value is -12.9. The number of oxime groups is 3. The van der Waals surface area contributed by atoms with Crippen LogP contribution in [0.25, 0.3) is 54.4 Å². The molecule has 13 rings (SSSR count). The highest BCUT2D eigenvalue weighted by Gasteiger charge is 2.42. The fraction of sp³-hybridized carbons (Fsp3) is 0.287. The molecule has 0 N–H and O–H groups in total. The minimum Gasteiger partial charge on any atom is -0.488 e. The van der Waals surface area contributed by atoms with Crippen LogP contribution in [0.2, 0.25) is 0 Å². The van der Waals surface area contributed by atoms with Crippen molar-refractivity contribution in [1.82, 2.24) is 9.13 Å². The van der Waals surface area contributed by atoms with Crippen molar-refractivity contribution in [1.29, 1.82) is 0 Å². The number of aryl methyl sites for hydroxylation is 5. The average molecular weight is 1720 g/mol. The third kappa shape index (κ3) is 23.1. The first-order valence-corrected chi connectivity index (χ1v) is 42.7. The summed E-state index contributed by atoms with van der Waals surface area (Å²) >= 11 is 1.64. The Morgan fingerprint density at radius 2 is 1.10 bits per heavy atom. The molecule has 0 aliphatic carbocycles. The Balaban J connectivity index is 0.000000192. The van der Waals surface area contributed by atoms with Crippen LogP contribution in [-0.4, -0.2) is 99.4 Å². The number of hydrogen-bond donors (Lipinski definition) is 0. The number of Topliss-reactive ketones (excluding diaryl/α,β-unsaturated/α-hetero) is 1. The van der Waals surface area contributed by atoms with Crippen LogP contribution in [0.1, 0.15) is 187 Å². The van der Waals surface area contributed by atoms with E-state index in [4.69, 9.17) is 28.7 Å². The quantitative estimate of drug-likeness (QED) is 0.00684. The van der Waals surface area contributed by atoms with Crippen LogP contribution in [0.5, 0.6) is 11.5 Å². The highest BCUT2D eigenvalue weighted by Crippen LogP contribution is 2.42. The smallest absolute Gasteiger partial charge is 0.365 e. The highest BCUT2D eigenvalue weighted by molar-refractivity contribution is 7.99. The molecule has 11 aromatic carbocycles. The van der Waals surface area contributed by atoms with Crippen molar-refractivity contribution in [2.24, 2.45) is 21.4 Å². The van der Waals surface area contributed by atoms with E-state index in [-0.39, 0.29) is 46.1 Å². The molecule has 0 amide bonds. The average Bonchev–Trinajstić information content (AvgIpc) is 1.60. The molecule has 2 atom stereocenters. The molecule has 13 aromatic rings. The highest BCUT2D eigenvalue weighted by atomic mass is 32.2. The molecular weight excluding hydrogens is 1610 g/mol. The van der Waals surface area contributed by atoms with Gasteiger partial charge in [0.15, 0.2) is 12.4 Å². The molecule has 24 heteroatoms. The Bertz CT molecular complexity index is 6140. The zero-order chi connectivity index (χ0) is 89.6. The van der Waals surface area contributed by atoms with Gasteiger partial charge in [-0.3, -0.25) is 19.7 Å². The first-order valence-electron chi connectivity index (χ1n) is 41.8. The Labute approximate surface area is 728 Å². The summed E-state index contributed by atoms with van der Waals surface area (Å²) in [7, 11) is 1.62. The molecule has 0 radical (unpaired) electrons. The van der Waals surface area contributed by atoms with Gasteiger partial charge in [0, 0.05) is 138 Å². The van der Waals surface area contributed by atoms with Crippen molar-refractivity contribution in [3.63, 3.8) is 0 Å². The first kappa shape index (κ1) is 92.8. The van der Waals surface area contributed by atoms with Gasteiger partial charge in [-0.1, -0.05) is 189 Å². The number of nitro benzene ring substituents is 1. The lowest BCUT2D eigenvalue weighted by molar-refractivity contribution is -0.384. The molecule has 0 saturated heterocycles. The van der Waals surface area contributed by atoms with E-state index < -0.39 is 41.8 Å². The minimum absolute atomic E-state index is 0.0241. The van der Waals surface area contributed by atoms with Crippen LogP contribution >= 0.6 is 11.8 Å². The molecule has 648 valence electrons. The maximum atomic E-state index is 14.7. The van der Waals surface area contributed by atoms with Gasteiger partial charge < -0.3 is 37.9 Å². The standard InChI is InChI=1S/C46H46F4N2O4.C28H29N3O6.C27H27NO3S/c1-7-9-14-31(8-2)25-52-39-20-19-32(42(51-56-30(6)53)35-17-12-13-18-40(35)55-26-46(49,50)45(47)48)23-36(39)37-24-38(33-15-10-11-16-34(33)43(37)52)44(54)41-28(4)21-27(3)22-29(41)5;1-6-30-26-11-7-20(14-24(26)25-15-21(31(33)34)8-12-27(25)30)28(29-37-19(4)32)23-10-9-22(13-17(23)2)36-18(3)16-35-5;1-2-3-4-11-16-25(28-31-27(30)22-12-7-5-8-13-22)26(29)21-17-19-24(20-18-21)32-23-14-9-6-10-15-23/h10-13,15-24,31,45H,7-9,14,25-26H2,1-6H3;7-15,18H,6,16H2,1-5H3;5-10,12-15,17-20H,2-4,11,16H2,1H3/b51-42+;29-28+;28-25-. The van der Waals surface area contributed by atoms with Crippen LogP contribution in [-0.2, 0) is 41.9 Å². The lowest BCUT2D eigenvalue weighted by atomic mass is 9.89. The van der Waals surface area contributed by atoms with Crippen molar-refractivity contribution >= 4 is 118 Å². The summed E-state index contributed by atoms with van der Waals surface area (Å²) in [6.45, 7) is 21.1. The van der Waals surface area contributed by atoms with E-state index in [2.05, 4.69) is 45.4 Å². The zero-order valence-electron chi connectivity index (χ0n) is 72.2. The molecule has 2 aromatic heterocycles. The van der Waals surface area contributed by atoms with Crippen molar-refractivity contribution in [3.05, 3.63) is 301 Å². The number of alkyl halides is 4. The molecule has 2 unspecified atom stereocenters. The molecule has 0 spiro atoms. The number of ketones is 2. The molecule has 0 aliphatic rings. The van der Waals surface area contributed by atoms with Gasteiger partial charge >= 0.3 is 30.3 Å². The maximum Gasteiger partial charge on any atom is 0.365 e. The van der Waals surface area contributed by atoms with E-state index in [0.717, 1.165) is 150 Å². The van der Waals surface area contributed by atoms with Crippen LogP contribution in [0, 0.1) is 43.7 Å². The molecule has 0 bridgehead atoms. The van der Waals surface area contributed by atoms with Gasteiger partial charge in [0.25, 0.3) is 5.69 Å². The predicted molar refractivity (Wildman–Crippen MR) is 486 cm³/mol. The normalized spacial score (nSPS) is 12.4. The molecular formula is C101H102F4N6O13S. The van der Waals surface area contributed by atoms with E-state index in [1.807, 2.05) is 181 Å². The van der Waals surface area contributed by atoms with E-state index >= 15 is 0 Å². The number of nitro groups is 1. The second-order valence-electron chi connectivity index (χ2n) is 30.8. The predicted octanol–water partition coefficient (Wildman–Crippen LogP) is 24.9. The van der Waals surface area contributed by atoms with E-state index in [9.17, 15) is 51.6 Å². The molecule has 125 heavy (non-hydrogen) atoms. The number of carbonyl (C=O) groups is 5. The number of ether oxygens (including phenoxy) is 3. The number of halogens is 4. The summed E-state index contributed by atoms with van der Waals surface area (Å²) in [5.74, 6) is -5.62. The molecule has 0 saturated carbocycles. The lowest BCUT2D eigenvalue weighted by Gasteiger charge is -2.19. The van der Waals surface area contributed by atoms with Crippen LogP contribution in [0.3, 0.4) is 0 Å². The number of nitrogens with zero attached hydrogens (tertiary/aromatic N) is 6. The SMILES string of the molecule is CCCCC(CC)Cn1c2ccc(/C(=N\OC(C)=O)c3ccccc3OCC(F)(F)C(F)F)cc2c2cc(C(=O)c3c(C)cc(C)cc3C)c3ccccc3c21.CCCCCC/C(=N/OC(=O)c1ccccc1)C(=O)c1ccc(Sc2ccccc2)cc1.CCn1c2ccc(/C(=N\OC(C)=O)c3ccc(OC(C)COC)cc3C)cc2c2cc([N+](=O)[O-])ccc21. The number of carbonyl (C=O) groups excluding carboxylic acids is 5. The third-order valence-corrected chi connectivity index (χ3v) is 22.4. The van der Waals surface area contributed by atoms with E-state index in [1.54, 1.807) is 79.5 Å². The number of benzene rings is 11. The van der Waals surface area contributed by atoms with Gasteiger partial charge in [0.2, 0.25) is 5.78 Å². The van der Waals surface area contributed by atoms with Crippen molar-refractivity contribution < 1.29 is 75.2 Å². The van der Waals surface area contributed by atoms with Crippen molar-refractivity contribution in [2.75, 3.05) is 20.3 Å². The van der Waals surface area contributed by atoms with Gasteiger partial charge in [-0.25, -0.2) is 23.2 Å². The number of fused-ring (bicyclic) bond motifs is 8. The number of non-ortho nitro benzene ring substituents is 1. The van der Waals surface area contributed by atoms with Crippen LogP contribution in [0.15, 0.2) is 250 Å². The maximum absolute atomic E-state index is 14.7. The van der Waals surface area contributed by atoms with Crippen molar-refractivity contribution in [3.8, 4) is 11.5 Å². The number of methoxy groups -OCH3 is 1. The minimum atomic E-state index is -4.40. The summed E-state index contributed by atoms with van der Waals surface area (Å²) in [6, 6.07) is 68.0. The number of aromatic nitrogens is 2. The molecule has 19 nitrogen and oxygen atoms in total. The number of unbranched alkanes of at least 4 members (excludes halogenated alkanes) is 4. The summed E-state index contributed by atoms with van der Waals surface area (Å²) < 4.78 is 75.0. The summed E-state index contributed by atoms with van der Waals surface area (Å²) in [5.41, 5.74) is 12.5. The Morgan fingerprint density at radius 3 is 1.70 bits per heavy atom. The van der Waals surface area contributed by atoms with E-state index in [0.29, 0.717) is 70.3 Å². The summed E-state index contributed by atoms with van der Waals surface area (Å²) in [5, 5.41) is 28.8. The number of rotatable bonds is 35. The second-order valence-corrected chi connectivity index (χ2v) is 31.9. The largest absolute Gasteiger partial charge is 0.488 e. The van der Waals surface area contributed by atoms with Gasteiger partial charge in [-0.05, 0) is 204 Å². The summed E-state index contributed by atoms with van der Waals surface area (Å²) in [6.07, 6.45) is 4.64. The van der Waals surface area contributed by atoms with Gasteiger partial charge in [-0.2, -0.15) is 8.78 Å². The zero-order valence-corrected chi connectivity index (χ0v) is 73.0. The number of hydrogen-bond acceptors (Lipinski definition) is 17. The third-order valence-electron chi connectivity index (χ3n) is 21.4. The Kier molecular flexibility index (Phi) is 32.2. The Morgan fingerprint density at radius 1 is 0.536 bits per heavy atom. The lowest BCUT2D eigenvalue weighted by Crippen LogP contribution is -2.34. The van der Waals surface area contributed by atoms with Crippen molar-refractivity contribution in [2.45, 2.75) is 175 Å². The first-order chi connectivity index (χ1) is 60.1. The second kappa shape index (κ2) is 43.4. The van der Waals surface area contributed by atoms with E-state index in [1.165, 1.54) is 38.1 Å². The fourth-order valence-corrected chi connectivity index (χ4v) is 16.2. The molecule has 2 heterocycles. The molecule has 0 fully saturated rings. The molecule has 0 aliphatic heterocycles. The van der Waals surface area contributed by atoms with Crippen LogP contribution < -0.4 is 9.47 Å². The van der Waals surface area contributed by atoms with Gasteiger partial charge in [-0.15, -0.1) is 0 Å². The number of para-hydroxylation sites is 1. The van der Waals surface area contributed by atoms with Gasteiger partial charge in [0.05, 0.1) is 22.6 Å². The van der Waals surface area contributed by atoms with Crippen LogP contribution in [0.4, 0.5) is 23.2 Å². The fourth-order valence-electron chi connectivity index (χ4n) is 15.4. The summed E-state index contributed by atoms with van der Waals surface area (Å²) in [4.78, 5) is 92.3. The topological polar surface area (TPSA) is 231 Å².